The van der Waals surface area contributed by atoms with Gasteiger partial charge >= 0.3 is 5.97 Å². The first kappa shape index (κ1) is 16.6. The van der Waals surface area contributed by atoms with Gasteiger partial charge in [0.15, 0.2) is 5.78 Å². The molecule has 1 aliphatic heterocycles. The summed E-state index contributed by atoms with van der Waals surface area (Å²) in [4.78, 5) is 25.5. The number of hydrogen-bond acceptors (Lipinski definition) is 4. The largest absolute Gasteiger partial charge is 0.466 e. The molecule has 26 heavy (non-hydrogen) atoms. The molecule has 132 valence electrons. The highest BCUT2D eigenvalue weighted by Crippen LogP contribution is 2.44. The zero-order valence-corrected chi connectivity index (χ0v) is 15.0. The van der Waals surface area contributed by atoms with Crippen molar-refractivity contribution in [1.29, 1.82) is 0 Å². The number of methoxy groups -OCH3 is 1. The number of allylic oxidation sites excluding steroid dienone is 3. The van der Waals surface area contributed by atoms with Crippen LogP contribution in [0.15, 0.2) is 65.0 Å². The fourth-order valence-corrected chi connectivity index (χ4v) is 4.18. The lowest BCUT2D eigenvalue weighted by molar-refractivity contribution is -0.136. The number of hydrogen-bond donors (Lipinski definition) is 1. The summed E-state index contributed by atoms with van der Waals surface area (Å²) in [6.45, 7) is 1.88. The molecular weight excluding hydrogens is 326 g/mol. The van der Waals surface area contributed by atoms with Crippen molar-refractivity contribution in [3.63, 3.8) is 0 Å². The van der Waals surface area contributed by atoms with Crippen molar-refractivity contribution in [2.45, 2.75) is 32.1 Å². The Bertz CT molecular complexity index is 979. The van der Waals surface area contributed by atoms with Gasteiger partial charge in [0.2, 0.25) is 0 Å². The molecule has 4 heteroatoms. The Balaban J connectivity index is 2.01. The standard InChI is InChI=1S/C22H21NO3/c1-13-19(22(25)26-2)20(21-17(23-13)11-6-12-18(21)24)16-10-5-8-14-7-3-4-9-15(14)16/h3-5,7-10,20,23H,6,11-12H2,1-2H3. The van der Waals surface area contributed by atoms with Crippen LogP contribution in [0.5, 0.6) is 0 Å². The van der Waals surface area contributed by atoms with Crippen LogP contribution in [0.2, 0.25) is 0 Å². The average Bonchev–Trinajstić information content (AvgIpc) is 2.66. The molecule has 0 amide bonds. The number of esters is 1. The Kier molecular flexibility index (Phi) is 4.11. The third-order valence-corrected chi connectivity index (χ3v) is 5.32. The van der Waals surface area contributed by atoms with E-state index in [1.807, 2.05) is 49.4 Å². The second kappa shape index (κ2) is 6.45. The number of rotatable bonds is 2. The minimum Gasteiger partial charge on any atom is -0.466 e. The van der Waals surface area contributed by atoms with Gasteiger partial charge in [-0.2, -0.15) is 0 Å². The summed E-state index contributed by atoms with van der Waals surface area (Å²) in [6.07, 6.45) is 2.19. The summed E-state index contributed by atoms with van der Waals surface area (Å²) in [5.41, 5.74) is 3.94. The van der Waals surface area contributed by atoms with E-state index in [1.54, 1.807) is 0 Å². The van der Waals surface area contributed by atoms with Crippen molar-refractivity contribution in [1.82, 2.24) is 5.32 Å². The third kappa shape index (κ3) is 2.53. The highest BCUT2D eigenvalue weighted by atomic mass is 16.5. The van der Waals surface area contributed by atoms with Crippen LogP contribution < -0.4 is 5.32 Å². The molecule has 2 aromatic carbocycles. The molecule has 0 aromatic heterocycles. The Morgan fingerprint density at radius 3 is 2.69 bits per heavy atom. The number of dihydropyridines is 1. The maximum atomic E-state index is 12.8. The van der Waals surface area contributed by atoms with Crippen molar-refractivity contribution in [2.75, 3.05) is 7.11 Å². The highest BCUT2D eigenvalue weighted by molar-refractivity contribution is 6.05. The van der Waals surface area contributed by atoms with Gasteiger partial charge in [-0.1, -0.05) is 42.5 Å². The Hall–Kier alpha value is -2.88. The van der Waals surface area contributed by atoms with Gasteiger partial charge in [-0.3, -0.25) is 4.79 Å². The van der Waals surface area contributed by atoms with E-state index in [1.165, 1.54) is 7.11 Å². The van der Waals surface area contributed by atoms with Crippen LogP contribution in [0.4, 0.5) is 0 Å². The van der Waals surface area contributed by atoms with Crippen molar-refractivity contribution in [2.24, 2.45) is 0 Å². The second-order valence-corrected chi connectivity index (χ2v) is 6.83. The minimum atomic E-state index is -0.391. The minimum absolute atomic E-state index is 0.116. The van der Waals surface area contributed by atoms with Crippen LogP contribution in [-0.2, 0) is 14.3 Å². The van der Waals surface area contributed by atoms with Crippen LogP contribution in [0.1, 0.15) is 37.7 Å². The summed E-state index contributed by atoms with van der Waals surface area (Å²) in [7, 11) is 1.38. The van der Waals surface area contributed by atoms with Gasteiger partial charge in [-0.15, -0.1) is 0 Å². The maximum Gasteiger partial charge on any atom is 0.336 e. The van der Waals surface area contributed by atoms with E-state index in [0.717, 1.165) is 46.1 Å². The van der Waals surface area contributed by atoms with Crippen LogP contribution in [-0.4, -0.2) is 18.9 Å². The van der Waals surface area contributed by atoms with E-state index in [2.05, 4.69) is 5.32 Å². The predicted molar refractivity (Wildman–Crippen MR) is 100 cm³/mol. The number of Topliss-reactive ketones (excluding diaryl/α,β-unsaturated/α-hetero) is 1. The van der Waals surface area contributed by atoms with E-state index >= 15 is 0 Å². The van der Waals surface area contributed by atoms with E-state index in [-0.39, 0.29) is 5.78 Å². The van der Waals surface area contributed by atoms with Crippen LogP contribution in [0, 0.1) is 0 Å². The lowest BCUT2D eigenvalue weighted by Crippen LogP contribution is -2.34. The highest BCUT2D eigenvalue weighted by Gasteiger charge is 2.39. The quantitative estimate of drug-likeness (QED) is 0.835. The number of fused-ring (bicyclic) bond motifs is 1. The molecule has 2 aromatic rings. The fraction of sp³-hybridized carbons (Fsp3) is 0.273. The molecule has 0 bridgehead atoms. The summed E-state index contributed by atoms with van der Waals surface area (Å²) < 4.78 is 5.07. The molecule has 0 spiro atoms. The molecule has 1 aliphatic carbocycles. The van der Waals surface area contributed by atoms with Gasteiger partial charge in [-0.25, -0.2) is 4.79 Å². The van der Waals surface area contributed by atoms with E-state index < -0.39 is 11.9 Å². The van der Waals surface area contributed by atoms with Gasteiger partial charge in [-0.05, 0) is 36.1 Å². The van der Waals surface area contributed by atoms with Crippen molar-refractivity contribution in [3.05, 3.63) is 70.6 Å². The Morgan fingerprint density at radius 2 is 1.88 bits per heavy atom. The lowest BCUT2D eigenvalue weighted by Gasteiger charge is -2.34. The topological polar surface area (TPSA) is 55.4 Å². The van der Waals surface area contributed by atoms with Gasteiger partial charge in [0.1, 0.15) is 0 Å². The predicted octanol–water partition coefficient (Wildman–Crippen LogP) is 3.98. The van der Waals surface area contributed by atoms with Crippen molar-refractivity contribution in [3.8, 4) is 0 Å². The summed E-state index contributed by atoms with van der Waals surface area (Å²) in [5.74, 6) is -0.666. The molecular formula is C22H21NO3. The van der Waals surface area contributed by atoms with Gasteiger partial charge in [0.25, 0.3) is 0 Å². The molecule has 1 heterocycles. The lowest BCUT2D eigenvalue weighted by atomic mass is 9.74. The number of ketones is 1. The molecule has 0 saturated heterocycles. The van der Waals surface area contributed by atoms with Gasteiger partial charge in [0.05, 0.1) is 12.7 Å². The monoisotopic (exact) mass is 347 g/mol. The average molecular weight is 347 g/mol. The molecule has 4 rings (SSSR count). The van der Waals surface area contributed by atoms with Gasteiger partial charge in [0, 0.05) is 29.3 Å². The van der Waals surface area contributed by atoms with Gasteiger partial charge < -0.3 is 10.1 Å². The third-order valence-electron chi connectivity index (χ3n) is 5.32. The molecule has 1 atom stereocenters. The fourth-order valence-electron chi connectivity index (χ4n) is 4.18. The first-order valence-electron chi connectivity index (χ1n) is 8.92. The van der Waals surface area contributed by atoms with Crippen LogP contribution >= 0.6 is 0 Å². The molecule has 0 saturated carbocycles. The normalized spacial score (nSPS) is 20.1. The summed E-state index contributed by atoms with van der Waals surface area (Å²) >= 11 is 0. The molecule has 1 N–H and O–H groups in total. The number of ether oxygens (including phenoxy) is 1. The Labute approximate surface area is 152 Å². The molecule has 0 radical (unpaired) electrons. The second-order valence-electron chi connectivity index (χ2n) is 6.83. The first-order valence-corrected chi connectivity index (χ1v) is 8.92. The van der Waals surface area contributed by atoms with E-state index in [4.69, 9.17) is 4.74 Å². The van der Waals surface area contributed by atoms with Crippen LogP contribution in [0.25, 0.3) is 10.8 Å². The smallest absolute Gasteiger partial charge is 0.336 e. The number of nitrogens with one attached hydrogen (secondary N) is 1. The van der Waals surface area contributed by atoms with Crippen molar-refractivity contribution < 1.29 is 14.3 Å². The maximum absolute atomic E-state index is 12.8. The number of benzene rings is 2. The molecule has 4 nitrogen and oxygen atoms in total. The zero-order chi connectivity index (χ0) is 18.3. The van der Waals surface area contributed by atoms with E-state index in [9.17, 15) is 9.59 Å². The molecule has 1 unspecified atom stereocenters. The number of carbonyl (C=O) groups is 2. The summed E-state index contributed by atoms with van der Waals surface area (Å²) in [5, 5.41) is 5.45. The molecule has 2 aliphatic rings. The van der Waals surface area contributed by atoms with Crippen LogP contribution in [0.3, 0.4) is 0 Å². The zero-order valence-electron chi connectivity index (χ0n) is 15.0. The van der Waals surface area contributed by atoms with Crippen molar-refractivity contribution >= 4 is 22.5 Å². The summed E-state index contributed by atoms with van der Waals surface area (Å²) in [6, 6.07) is 14.1. The number of carbonyl (C=O) groups excluding carboxylic acids is 2. The molecule has 0 fully saturated rings. The Morgan fingerprint density at radius 1 is 1.12 bits per heavy atom. The SMILES string of the molecule is COC(=O)C1=C(C)NC2=C(C(=O)CCC2)C1c1cccc2ccccc12. The first-order chi connectivity index (χ1) is 12.6. The van der Waals surface area contributed by atoms with E-state index in [0.29, 0.717) is 12.0 Å².